The van der Waals surface area contributed by atoms with Gasteiger partial charge < -0.3 is 10.6 Å². The maximum Gasteiger partial charge on any atom is 0.247 e. The Morgan fingerprint density at radius 3 is 2.55 bits per heavy atom. The average Bonchev–Trinajstić information content (AvgIpc) is 3.27. The molecule has 0 fully saturated rings. The van der Waals surface area contributed by atoms with Gasteiger partial charge in [-0.1, -0.05) is 25.2 Å². The van der Waals surface area contributed by atoms with Crippen LogP contribution >= 0.6 is 0 Å². The summed E-state index contributed by atoms with van der Waals surface area (Å²) in [6.45, 7) is 4.58. The zero-order valence-corrected chi connectivity index (χ0v) is 19.2. The van der Waals surface area contributed by atoms with Crippen LogP contribution in [-0.2, 0) is 11.8 Å². The number of aromatic nitrogens is 5. The number of nitrogens with zero attached hydrogens (tertiary/aromatic N) is 5. The van der Waals surface area contributed by atoms with Gasteiger partial charge in [-0.05, 0) is 49.0 Å². The predicted molar refractivity (Wildman–Crippen MR) is 129 cm³/mol. The van der Waals surface area contributed by atoms with E-state index in [9.17, 15) is 4.79 Å². The van der Waals surface area contributed by atoms with Crippen LogP contribution in [0.5, 0.6) is 0 Å². The van der Waals surface area contributed by atoms with Crippen LogP contribution in [0.25, 0.3) is 11.1 Å². The summed E-state index contributed by atoms with van der Waals surface area (Å²) in [5.74, 6) is 1.28. The summed E-state index contributed by atoms with van der Waals surface area (Å²) in [6.07, 6.45) is 17.3. The van der Waals surface area contributed by atoms with Crippen LogP contribution in [-0.4, -0.2) is 43.2 Å². The van der Waals surface area contributed by atoms with E-state index in [1.54, 1.807) is 17.1 Å². The molecule has 4 rings (SSSR count). The van der Waals surface area contributed by atoms with Crippen molar-refractivity contribution >= 4 is 11.7 Å². The highest BCUT2D eigenvalue weighted by Gasteiger charge is 2.23. The van der Waals surface area contributed by atoms with Gasteiger partial charge in [-0.15, -0.1) is 0 Å². The number of anilines is 1. The molecule has 1 aliphatic rings. The molecule has 8 heteroatoms. The van der Waals surface area contributed by atoms with Crippen molar-refractivity contribution in [1.29, 1.82) is 0 Å². The molecular weight excluding hydrogens is 414 g/mol. The van der Waals surface area contributed by atoms with Crippen molar-refractivity contribution in [2.45, 2.75) is 38.6 Å². The van der Waals surface area contributed by atoms with Crippen LogP contribution < -0.4 is 10.6 Å². The fourth-order valence-corrected chi connectivity index (χ4v) is 3.69. The van der Waals surface area contributed by atoms with Crippen molar-refractivity contribution < 1.29 is 4.79 Å². The molecule has 2 N–H and O–H groups in total. The molecule has 0 aromatic carbocycles. The van der Waals surface area contributed by atoms with Crippen LogP contribution in [0, 0.1) is 6.92 Å². The van der Waals surface area contributed by atoms with Crippen molar-refractivity contribution in [2.24, 2.45) is 7.05 Å². The summed E-state index contributed by atoms with van der Waals surface area (Å²) in [5, 5.41) is 10.6. The number of nitrogens with one attached hydrogen (secondary N) is 2. The second-order valence-electron chi connectivity index (χ2n) is 8.31. The summed E-state index contributed by atoms with van der Waals surface area (Å²) in [5.41, 5.74) is 3.93. The first-order valence-corrected chi connectivity index (χ1v) is 11.1. The van der Waals surface area contributed by atoms with Crippen LogP contribution in [0.15, 0.2) is 66.9 Å². The highest BCUT2D eigenvalue weighted by molar-refractivity contribution is 5.96. The highest BCUT2D eigenvalue weighted by atomic mass is 16.2. The van der Waals surface area contributed by atoms with Gasteiger partial charge in [0, 0.05) is 49.5 Å². The van der Waals surface area contributed by atoms with E-state index in [0.29, 0.717) is 12.4 Å². The first kappa shape index (κ1) is 22.5. The zero-order chi connectivity index (χ0) is 23.2. The van der Waals surface area contributed by atoms with E-state index in [1.165, 1.54) is 0 Å². The summed E-state index contributed by atoms with van der Waals surface area (Å²) in [6, 6.07) is 3.27. The Morgan fingerprint density at radius 2 is 1.91 bits per heavy atom. The first-order chi connectivity index (χ1) is 16.0. The van der Waals surface area contributed by atoms with E-state index in [4.69, 9.17) is 0 Å². The van der Waals surface area contributed by atoms with Crippen LogP contribution in [0.1, 0.15) is 37.1 Å². The van der Waals surface area contributed by atoms with E-state index in [0.717, 1.165) is 40.9 Å². The van der Waals surface area contributed by atoms with Gasteiger partial charge in [0.25, 0.3) is 0 Å². The van der Waals surface area contributed by atoms with Crippen molar-refractivity contribution in [1.82, 2.24) is 30.0 Å². The number of amides is 1. The third kappa shape index (κ3) is 5.78. The minimum absolute atomic E-state index is 0.137. The van der Waals surface area contributed by atoms with Gasteiger partial charge in [-0.25, -0.2) is 15.0 Å². The fourth-order valence-electron chi connectivity index (χ4n) is 3.69. The van der Waals surface area contributed by atoms with Gasteiger partial charge in [0.05, 0.1) is 6.20 Å². The molecule has 0 bridgehead atoms. The molecule has 3 aromatic heterocycles. The minimum Gasteiger partial charge on any atom is -0.309 e. The quantitative estimate of drug-likeness (QED) is 0.553. The number of allylic oxidation sites excluding steroid dienone is 2. The van der Waals surface area contributed by atoms with E-state index in [1.807, 2.05) is 50.8 Å². The minimum atomic E-state index is -0.477. The Morgan fingerprint density at radius 1 is 1.09 bits per heavy atom. The number of aryl methyl sites for hydroxylation is 2. The maximum atomic E-state index is 13.2. The molecule has 33 heavy (non-hydrogen) atoms. The molecule has 1 amide bonds. The molecule has 0 aliphatic heterocycles. The number of rotatable bonds is 8. The third-order valence-electron chi connectivity index (χ3n) is 5.67. The molecular formula is C25H29N7O. The van der Waals surface area contributed by atoms with E-state index >= 15 is 0 Å². The molecule has 2 atom stereocenters. The van der Waals surface area contributed by atoms with Crippen molar-refractivity contribution in [3.63, 3.8) is 0 Å². The lowest BCUT2D eigenvalue weighted by Gasteiger charge is -2.23. The molecule has 2 unspecified atom stereocenters. The van der Waals surface area contributed by atoms with E-state index in [-0.39, 0.29) is 11.8 Å². The van der Waals surface area contributed by atoms with Crippen LogP contribution in [0.3, 0.4) is 0 Å². The molecule has 0 spiro atoms. The van der Waals surface area contributed by atoms with Crippen molar-refractivity contribution in [2.75, 3.05) is 11.9 Å². The van der Waals surface area contributed by atoms with Gasteiger partial charge in [0.2, 0.25) is 5.91 Å². The van der Waals surface area contributed by atoms with Gasteiger partial charge in [-0.3, -0.25) is 9.48 Å². The third-order valence-corrected chi connectivity index (χ3v) is 5.67. The van der Waals surface area contributed by atoms with Crippen LogP contribution in [0.4, 0.5) is 5.82 Å². The van der Waals surface area contributed by atoms with Gasteiger partial charge in [-0.2, -0.15) is 5.10 Å². The molecule has 3 heterocycles. The Labute approximate surface area is 193 Å². The summed E-state index contributed by atoms with van der Waals surface area (Å²) < 4.78 is 1.75. The number of pyridine rings is 1. The van der Waals surface area contributed by atoms with Crippen molar-refractivity contribution in [3.05, 3.63) is 78.3 Å². The summed E-state index contributed by atoms with van der Waals surface area (Å²) >= 11 is 0. The second-order valence-corrected chi connectivity index (χ2v) is 8.31. The zero-order valence-electron chi connectivity index (χ0n) is 19.2. The lowest BCUT2D eigenvalue weighted by atomic mass is 9.98. The lowest BCUT2D eigenvalue weighted by molar-refractivity contribution is -0.117. The fraction of sp³-hybridized carbons (Fsp3) is 0.320. The molecule has 1 aliphatic carbocycles. The van der Waals surface area contributed by atoms with Crippen molar-refractivity contribution in [3.8, 4) is 11.1 Å². The number of carbonyl (C=O) groups is 1. The number of hydrogen-bond acceptors (Lipinski definition) is 6. The molecule has 3 aromatic rings. The molecule has 0 saturated carbocycles. The van der Waals surface area contributed by atoms with E-state index < -0.39 is 6.04 Å². The van der Waals surface area contributed by atoms with Gasteiger partial charge >= 0.3 is 0 Å². The second kappa shape index (κ2) is 10.3. The Hall–Kier alpha value is -3.65. The van der Waals surface area contributed by atoms with Gasteiger partial charge in [0.15, 0.2) is 0 Å². The smallest absolute Gasteiger partial charge is 0.247 e. The Bertz CT molecular complexity index is 1150. The Kier molecular flexibility index (Phi) is 7.04. The van der Waals surface area contributed by atoms with Gasteiger partial charge in [0.1, 0.15) is 17.7 Å². The SMILES string of the molecule is Cc1ncc(C(C)CNC(C(=O)Nc2ccc(-c3cnn(C)c3)cn2)C2=CCCC=C2)cn1. The Balaban J connectivity index is 1.45. The number of carbonyl (C=O) groups excluding carboxylic acids is 1. The topological polar surface area (TPSA) is 97.6 Å². The lowest BCUT2D eigenvalue weighted by Crippen LogP contribution is -2.43. The monoisotopic (exact) mass is 443 g/mol. The standard InChI is InChI=1S/C25H29N7O/c1-17(21-13-26-18(2)27-14-21)11-29-24(19-7-5-4-6-8-19)25(33)31-23-10-9-20(12-28-23)22-15-30-32(3)16-22/h5,7-10,12-17,24,29H,4,6,11H2,1-3H3,(H,28,31,33). The number of hydrogen-bond donors (Lipinski definition) is 2. The van der Waals surface area contributed by atoms with Crippen LogP contribution in [0.2, 0.25) is 0 Å². The molecule has 170 valence electrons. The molecule has 0 radical (unpaired) electrons. The predicted octanol–water partition coefficient (Wildman–Crippen LogP) is 3.56. The molecule has 0 saturated heterocycles. The first-order valence-electron chi connectivity index (χ1n) is 11.1. The summed E-state index contributed by atoms with van der Waals surface area (Å²) in [7, 11) is 1.87. The summed E-state index contributed by atoms with van der Waals surface area (Å²) in [4.78, 5) is 26.2. The normalized spacial score (nSPS) is 15.1. The van der Waals surface area contributed by atoms with E-state index in [2.05, 4.69) is 49.8 Å². The molecule has 8 nitrogen and oxygen atoms in total. The average molecular weight is 444 g/mol. The highest BCUT2D eigenvalue weighted by Crippen LogP contribution is 2.20. The maximum absolute atomic E-state index is 13.2. The largest absolute Gasteiger partial charge is 0.309 e.